The molecule has 9 heteroatoms. The van der Waals surface area contributed by atoms with Crippen LogP contribution in [0, 0.1) is 0 Å². The van der Waals surface area contributed by atoms with Gasteiger partial charge in [-0.05, 0) is 17.7 Å². The van der Waals surface area contributed by atoms with Crippen LogP contribution in [0.2, 0.25) is 5.02 Å². The molecule has 0 fully saturated rings. The van der Waals surface area contributed by atoms with Gasteiger partial charge in [-0.25, -0.2) is 0 Å². The molecular weight excluding hydrogens is 383 g/mol. The van der Waals surface area contributed by atoms with E-state index in [9.17, 15) is 18.0 Å². The molecule has 1 amide bonds. The molecule has 3 rings (SSSR count). The number of aromatic nitrogens is 2. The minimum absolute atomic E-state index is 0.0821. The summed E-state index contributed by atoms with van der Waals surface area (Å²) in [7, 11) is 0. The third-order valence-corrected chi connectivity index (χ3v) is 4.45. The highest BCUT2D eigenvalue weighted by atomic mass is 35.5. The summed E-state index contributed by atoms with van der Waals surface area (Å²) in [6.07, 6.45) is -1.27. The zero-order chi connectivity index (χ0) is 19.4. The number of hydrogen-bond acceptors (Lipinski definition) is 3. The molecule has 27 heavy (non-hydrogen) atoms. The van der Waals surface area contributed by atoms with Crippen molar-refractivity contribution in [1.29, 1.82) is 0 Å². The van der Waals surface area contributed by atoms with Crippen molar-refractivity contribution in [3.63, 3.8) is 0 Å². The number of alkyl halides is 3. The smallest absolute Gasteiger partial charge is 0.376 e. The van der Waals surface area contributed by atoms with E-state index < -0.39 is 11.9 Å². The van der Waals surface area contributed by atoms with E-state index in [1.54, 1.807) is 30.3 Å². The fourth-order valence-electron chi connectivity index (χ4n) is 2.84. The molecule has 0 saturated carbocycles. The lowest BCUT2D eigenvalue weighted by Gasteiger charge is -2.15. The maximum atomic E-state index is 13.1. The topological polar surface area (TPSA) is 56.2 Å². The Morgan fingerprint density at radius 2 is 2.15 bits per heavy atom. The van der Waals surface area contributed by atoms with Gasteiger partial charge in [0, 0.05) is 35.3 Å². The zero-order valence-electron chi connectivity index (χ0n) is 14.2. The first kappa shape index (κ1) is 19.4. The Morgan fingerprint density at radius 1 is 1.37 bits per heavy atom. The normalized spacial score (nSPS) is 14.4. The number of hydrogen-bond donors (Lipinski definition) is 1. The summed E-state index contributed by atoms with van der Waals surface area (Å²) in [6.45, 7) is 0.544. The van der Waals surface area contributed by atoms with Gasteiger partial charge in [0.15, 0.2) is 5.69 Å². The van der Waals surface area contributed by atoms with Crippen LogP contribution in [0.25, 0.3) is 6.08 Å². The Bertz CT molecular complexity index is 862. The van der Waals surface area contributed by atoms with E-state index in [0.717, 1.165) is 0 Å². The van der Waals surface area contributed by atoms with Gasteiger partial charge < -0.3 is 10.1 Å². The Balaban J connectivity index is 1.61. The predicted octanol–water partition coefficient (Wildman–Crippen LogP) is 3.46. The molecule has 1 aliphatic heterocycles. The second-order valence-corrected chi connectivity index (χ2v) is 6.35. The molecule has 0 aliphatic carbocycles. The van der Waals surface area contributed by atoms with Crippen molar-refractivity contribution in [1.82, 2.24) is 15.1 Å². The molecule has 2 heterocycles. The number of carbonyl (C=O) groups excluding carboxylic acids is 1. The van der Waals surface area contributed by atoms with Gasteiger partial charge in [-0.1, -0.05) is 29.8 Å². The molecule has 1 aromatic heterocycles. The van der Waals surface area contributed by atoms with Gasteiger partial charge in [-0.15, -0.1) is 0 Å². The van der Waals surface area contributed by atoms with Crippen LogP contribution in [0.15, 0.2) is 30.3 Å². The van der Waals surface area contributed by atoms with Crippen molar-refractivity contribution in [2.24, 2.45) is 0 Å². The lowest BCUT2D eigenvalue weighted by molar-refractivity contribution is -0.142. The molecular formula is C18H17ClF3N3O2. The summed E-state index contributed by atoms with van der Waals surface area (Å²) in [6, 6.07) is 7.06. The van der Waals surface area contributed by atoms with E-state index in [0.29, 0.717) is 29.3 Å². The van der Waals surface area contributed by atoms with Crippen LogP contribution in [-0.4, -0.2) is 28.8 Å². The van der Waals surface area contributed by atoms with Crippen LogP contribution in [0.4, 0.5) is 13.2 Å². The third-order valence-electron chi connectivity index (χ3n) is 4.11. The lowest BCUT2D eigenvalue weighted by atomic mass is 10.1. The van der Waals surface area contributed by atoms with E-state index in [1.165, 1.54) is 10.8 Å². The fraction of sp³-hybridized carbons (Fsp3) is 0.333. The van der Waals surface area contributed by atoms with E-state index in [-0.39, 0.29) is 31.2 Å². The summed E-state index contributed by atoms with van der Waals surface area (Å²) in [5, 5.41) is 6.84. The van der Waals surface area contributed by atoms with Crippen LogP contribution in [-0.2, 0) is 35.3 Å². The number of benzene rings is 1. The number of nitrogens with one attached hydrogen (secondary N) is 1. The first-order valence-electron chi connectivity index (χ1n) is 8.30. The van der Waals surface area contributed by atoms with E-state index in [4.69, 9.17) is 16.3 Å². The van der Waals surface area contributed by atoms with Gasteiger partial charge in [0.25, 0.3) is 0 Å². The number of amides is 1. The SMILES string of the molecule is O=C(/C=C/c1ccccc1Cl)NCCn1nc(C(F)(F)F)c2c1CCOC2. The average molecular weight is 400 g/mol. The van der Waals surface area contributed by atoms with Gasteiger partial charge in [-0.2, -0.15) is 18.3 Å². The monoisotopic (exact) mass is 399 g/mol. The highest BCUT2D eigenvalue weighted by molar-refractivity contribution is 6.32. The van der Waals surface area contributed by atoms with Crippen molar-refractivity contribution in [2.45, 2.75) is 25.7 Å². The molecule has 1 N–H and O–H groups in total. The minimum Gasteiger partial charge on any atom is -0.376 e. The van der Waals surface area contributed by atoms with Crippen molar-refractivity contribution < 1.29 is 22.7 Å². The number of ether oxygens (including phenoxy) is 1. The van der Waals surface area contributed by atoms with Crippen molar-refractivity contribution in [3.05, 3.63) is 57.9 Å². The number of rotatable bonds is 5. The molecule has 2 aromatic rings. The molecule has 0 atom stereocenters. The van der Waals surface area contributed by atoms with Crippen LogP contribution in [0.1, 0.15) is 22.5 Å². The maximum Gasteiger partial charge on any atom is 0.435 e. The van der Waals surface area contributed by atoms with Gasteiger partial charge in [0.2, 0.25) is 5.91 Å². The van der Waals surface area contributed by atoms with Gasteiger partial charge in [0.05, 0.1) is 19.8 Å². The van der Waals surface area contributed by atoms with E-state index >= 15 is 0 Å². The summed E-state index contributed by atoms with van der Waals surface area (Å²) >= 11 is 6.00. The van der Waals surface area contributed by atoms with Crippen molar-refractivity contribution in [3.8, 4) is 0 Å². The molecule has 144 valence electrons. The minimum atomic E-state index is -4.53. The third kappa shape index (κ3) is 4.70. The fourth-order valence-corrected chi connectivity index (χ4v) is 3.04. The zero-order valence-corrected chi connectivity index (χ0v) is 15.0. The Morgan fingerprint density at radius 3 is 2.89 bits per heavy atom. The maximum absolute atomic E-state index is 13.1. The number of nitrogens with zero attached hydrogens (tertiary/aromatic N) is 2. The van der Waals surface area contributed by atoms with Gasteiger partial charge in [-0.3, -0.25) is 9.48 Å². The largest absolute Gasteiger partial charge is 0.435 e. The predicted molar refractivity (Wildman–Crippen MR) is 94.1 cm³/mol. The lowest BCUT2D eigenvalue weighted by Crippen LogP contribution is -2.27. The van der Waals surface area contributed by atoms with E-state index in [1.807, 2.05) is 0 Å². The first-order valence-corrected chi connectivity index (χ1v) is 8.68. The summed E-state index contributed by atoms with van der Waals surface area (Å²) in [4.78, 5) is 11.9. The highest BCUT2D eigenvalue weighted by Gasteiger charge is 2.39. The second kappa shape index (κ2) is 8.14. The van der Waals surface area contributed by atoms with Gasteiger partial charge >= 0.3 is 6.18 Å². The molecule has 1 aliphatic rings. The van der Waals surface area contributed by atoms with Crippen LogP contribution < -0.4 is 5.32 Å². The van der Waals surface area contributed by atoms with Crippen LogP contribution in [0.5, 0.6) is 0 Å². The Hall–Kier alpha value is -2.32. The van der Waals surface area contributed by atoms with Crippen molar-refractivity contribution in [2.75, 3.05) is 13.2 Å². The molecule has 0 unspecified atom stereocenters. The van der Waals surface area contributed by atoms with Crippen molar-refractivity contribution >= 4 is 23.6 Å². The molecule has 5 nitrogen and oxygen atoms in total. The van der Waals surface area contributed by atoms with Crippen LogP contribution >= 0.6 is 11.6 Å². The summed E-state index contributed by atoms with van der Waals surface area (Å²) < 4.78 is 45.8. The van der Waals surface area contributed by atoms with Crippen LogP contribution in [0.3, 0.4) is 0 Å². The number of carbonyl (C=O) groups is 1. The second-order valence-electron chi connectivity index (χ2n) is 5.94. The highest BCUT2D eigenvalue weighted by Crippen LogP contribution is 2.34. The Kier molecular flexibility index (Phi) is 5.86. The molecule has 0 saturated heterocycles. The number of halogens is 4. The quantitative estimate of drug-likeness (QED) is 0.783. The molecule has 1 aromatic carbocycles. The number of fused-ring (bicyclic) bond motifs is 1. The molecule has 0 radical (unpaired) electrons. The average Bonchev–Trinajstić information content (AvgIpc) is 3.00. The summed E-state index contributed by atoms with van der Waals surface area (Å²) in [5.41, 5.74) is 0.376. The molecule has 0 spiro atoms. The summed E-state index contributed by atoms with van der Waals surface area (Å²) in [5.74, 6) is -0.365. The Labute approximate surface area is 158 Å². The first-order chi connectivity index (χ1) is 12.9. The standard InChI is InChI=1S/C18H17ClF3N3O2/c19-14-4-2-1-3-12(14)5-6-16(26)23-8-9-25-15-7-10-27-11-13(15)17(24-25)18(20,21)22/h1-6H,7-11H2,(H,23,26)/b6-5+. The van der Waals surface area contributed by atoms with E-state index in [2.05, 4.69) is 10.4 Å². The molecule has 0 bridgehead atoms. The van der Waals surface area contributed by atoms with Gasteiger partial charge in [0.1, 0.15) is 0 Å².